The highest BCUT2D eigenvalue weighted by Gasteiger charge is 2.25. The van der Waals surface area contributed by atoms with E-state index in [1.165, 1.54) is 5.56 Å². The summed E-state index contributed by atoms with van der Waals surface area (Å²) in [6.45, 7) is 7.51. The first-order valence-electron chi connectivity index (χ1n) is 8.62. The summed E-state index contributed by atoms with van der Waals surface area (Å²) in [6, 6.07) is 8.27. The fourth-order valence-electron chi connectivity index (χ4n) is 3.19. The highest BCUT2D eigenvalue weighted by atomic mass is 35.5. The molecule has 3 N–H and O–H groups in total. The van der Waals surface area contributed by atoms with Gasteiger partial charge in [0.15, 0.2) is 0 Å². The first kappa shape index (κ1) is 20.8. The van der Waals surface area contributed by atoms with Gasteiger partial charge in [-0.2, -0.15) is 0 Å². The number of nitrogens with one attached hydrogen (secondary N) is 1. The van der Waals surface area contributed by atoms with Gasteiger partial charge in [0.1, 0.15) is 12.4 Å². The second-order valence-electron chi connectivity index (χ2n) is 7.50. The molecule has 1 saturated carbocycles. The molecule has 0 aliphatic heterocycles. The molecule has 136 valence electrons. The molecule has 4 nitrogen and oxygen atoms in total. The third-order valence-corrected chi connectivity index (χ3v) is 4.54. The summed E-state index contributed by atoms with van der Waals surface area (Å²) >= 11 is 0. The van der Waals surface area contributed by atoms with Gasteiger partial charge in [-0.3, -0.25) is 4.79 Å². The Morgan fingerprint density at radius 2 is 2.00 bits per heavy atom. The van der Waals surface area contributed by atoms with Crippen molar-refractivity contribution >= 4 is 18.3 Å². The number of hydrogen-bond acceptors (Lipinski definition) is 3. The zero-order valence-corrected chi connectivity index (χ0v) is 15.8. The van der Waals surface area contributed by atoms with Crippen molar-refractivity contribution in [2.75, 3.05) is 13.2 Å². The minimum Gasteiger partial charge on any atom is -0.491 e. The molecule has 0 unspecified atom stereocenters. The number of ether oxygens (including phenoxy) is 1. The second kappa shape index (κ2) is 9.28. The van der Waals surface area contributed by atoms with Gasteiger partial charge in [-0.1, -0.05) is 45.4 Å². The summed E-state index contributed by atoms with van der Waals surface area (Å²) in [5.41, 5.74) is 7.23. The van der Waals surface area contributed by atoms with Crippen LogP contribution in [-0.2, 0) is 10.2 Å². The van der Waals surface area contributed by atoms with Gasteiger partial charge < -0.3 is 15.8 Å². The molecule has 0 heterocycles. The topological polar surface area (TPSA) is 64.3 Å². The maximum absolute atomic E-state index is 12.0. The Balaban J connectivity index is 0.00000288. The number of rotatable bonds is 6. The molecule has 1 aromatic rings. The van der Waals surface area contributed by atoms with E-state index < -0.39 is 0 Å². The molecule has 1 aliphatic carbocycles. The van der Waals surface area contributed by atoms with Gasteiger partial charge >= 0.3 is 0 Å². The quantitative estimate of drug-likeness (QED) is 0.769. The van der Waals surface area contributed by atoms with E-state index in [1.807, 2.05) is 18.2 Å². The fourth-order valence-corrected chi connectivity index (χ4v) is 3.19. The molecule has 1 fully saturated rings. The van der Waals surface area contributed by atoms with Crippen LogP contribution in [0.15, 0.2) is 24.3 Å². The van der Waals surface area contributed by atoms with Crippen LogP contribution in [0.25, 0.3) is 0 Å². The van der Waals surface area contributed by atoms with Gasteiger partial charge in [-0.05, 0) is 35.8 Å². The number of benzene rings is 1. The smallest absolute Gasteiger partial charge is 0.220 e. The summed E-state index contributed by atoms with van der Waals surface area (Å²) in [5.74, 6) is 1.32. The van der Waals surface area contributed by atoms with E-state index in [0.717, 1.165) is 25.0 Å². The molecule has 24 heavy (non-hydrogen) atoms. The normalized spacial score (nSPS) is 20.3. The molecule has 0 radical (unpaired) electrons. The summed E-state index contributed by atoms with van der Waals surface area (Å²) in [6.07, 6.45) is 3.81. The van der Waals surface area contributed by atoms with Crippen molar-refractivity contribution in [1.29, 1.82) is 0 Å². The van der Waals surface area contributed by atoms with E-state index in [0.29, 0.717) is 25.5 Å². The second-order valence-corrected chi connectivity index (χ2v) is 7.50. The standard InChI is InChI=1S/C19H30N2O2.ClH/c1-19(2,3)15-8-4-5-10-17(15)23-12-11-21-18(22)13-14-7-6-9-16(14)20;/h4-5,8,10,14,16H,6-7,9,11-13,20H2,1-3H3,(H,21,22);1H/t14-,16+;/m0./s1. The Labute approximate surface area is 151 Å². The van der Waals surface area contributed by atoms with Gasteiger partial charge in [0, 0.05) is 12.5 Å². The molecular weight excluding hydrogens is 324 g/mol. The van der Waals surface area contributed by atoms with Crippen LogP contribution in [-0.4, -0.2) is 25.1 Å². The first-order chi connectivity index (χ1) is 10.9. The zero-order chi connectivity index (χ0) is 16.9. The lowest BCUT2D eigenvalue weighted by Crippen LogP contribution is -2.33. The van der Waals surface area contributed by atoms with E-state index in [1.54, 1.807) is 0 Å². The Bertz CT molecular complexity index is 528. The van der Waals surface area contributed by atoms with E-state index in [2.05, 4.69) is 32.2 Å². The van der Waals surface area contributed by atoms with Crippen molar-refractivity contribution in [2.45, 2.75) is 57.9 Å². The number of amides is 1. The van der Waals surface area contributed by atoms with Crippen molar-refractivity contribution in [1.82, 2.24) is 5.32 Å². The van der Waals surface area contributed by atoms with Crippen LogP contribution in [0.4, 0.5) is 0 Å². The van der Waals surface area contributed by atoms with Gasteiger partial charge in [-0.25, -0.2) is 0 Å². The largest absolute Gasteiger partial charge is 0.491 e. The number of halogens is 1. The summed E-state index contributed by atoms with van der Waals surface area (Å²) in [7, 11) is 0. The maximum atomic E-state index is 12.0. The van der Waals surface area contributed by atoms with Crippen LogP contribution in [0.2, 0.25) is 0 Å². The lowest BCUT2D eigenvalue weighted by atomic mass is 9.86. The molecule has 1 aromatic carbocycles. The van der Waals surface area contributed by atoms with Crippen molar-refractivity contribution in [3.8, 4) is 5.75 Å². The van der Waals surface area contributed by atoms with Crippen LogP contribution in [0, 0.1) is 5.92 Å². The number of hydrogen-bond donors (Lipinski definition) is 2. The number of para-hydroxylation sites is 1. The van der Waals surface area contributed by atoms with Gasteiger partial charge in [0.25, 0.3) is 0 Å². The van der Waals surface area contributed by atoms with E-state index >= 15 is 0 Å². The molecule has 0 spiro atoms. The van der Waals surface area contributed by atoms with E-state index in [-0.39, 0.29) is 29.8 Å². The molecule has 1 aliphatic rings. The van der Waals surface area contributed by atoms with Gasteiger partial charge in [-0.15, -0.1) is 12.4 Å². The van der Waals surface area contributed by atoms with Gasteiger partial charge in [0.05, 0.1) is 6.54 Å². The Morgan fingerprint density at radius 1 is 1.29 bits per heavy atom. The molecule has 2 rings (SSSR count). The monoisotopic (exact) mass is 354 g/mol. The Kier molecular flexibility index (Phi) is 8.04. The Morgan fingerprint density at radius 3 is 2.62 bits per heavy atom. The Hall–Kier alpha value is -1.26. The SMILES string of the molecule is CC(C)(C)c1ccccc1OCCNC(=O)C[C@@H]1CCC[C@H]1N.Cl. The average molecular weight is 355 g/mol. The van der Waals surface area contributed by atoms with Crippen LogP contribution in [0.5, 0.6) is 5.75 Å². The molecule has 2 atom stereocenters. The highest BCUT2D eigenvalue weighted by Crippen LogP contribution is 2.30. The zero-order valence-electron chi connectivity index (χ0n) is 15.0. The van der Waals surface area contributed by atoms with Crippen molar-refractivity contribution in [3.63, 3.8) is 0 Å². The van der Waals surface area contributed by atoms with Crippen LogP contribution in [0.1, 0.15) is 52.0 Å². The third-order valence-electron chi connectivity index (χ3n) is 4.54. The maximum Gasteiger partial charge on any atom is 0.220 e. The fraction of sp³-hybridized carbons (Fsp3) is 0.632. The molecule has 0 aromatic heterocycles. The van der Waals surface area contributed by atoms with E-state index in [4.69, 9.17) is 10.5 Å². The molecule has 1 amide bonds. The van der Waals surface area contributed by atoms with Crippen LogP contribution in [0.3, 0.4) is 0 Å². The number of carbonyl (C=O) groups excluding carboxylic acids is 1. The average Bonchev–Trinajstić information content (AvgIpc) is 2.88. The lowest BCUT2D eigenvalue weighted by molar-refractivity contribution is -0.122. The molecule has 5 heteroatoms. The van der Waals surface area contributed by atoms with E-state index in [9.17, 15) is 4.79 Å². The number of carbonyl (C=O) groups is 1. The predicted octanol–water partition coefficient (Wildman–Crippen LogP) is 3.42. The third kappa shape index (κ3) is 5.99. The first-order valence-corrected chi connectivity index (χ1v) is 8.62. The molecular formula is C19H31ClN2O2. The molecule has 0 saturated heterocycles. The van der Waals surface area contributed by atoms with Crippen molar-refractivity contribution in [2.24, 2.45) is 11.7 Å². The predicted molar refractivity (Wildman–Crippen MR) is 101 cm³/mol. The minimum atomic E-state index is 0. The molecule has 0 bridgehead atoms. The lowest BCUT2D eigenvalue weighted by Gasteiger charge is -2.22. The highest BCUT2D eigenvalue weighted by molar-refractivity contribution is 5.85. The van der Waals surface area contributed by atoms with Crippen molar-refractivity contribution < 1.29 is 9.53 Å². The van der Waals surface area contributed by atoms with Crippen LogP contribution >= 0.6 is 12.4 Å². The number of nitrogens with two attached hydrogens (primary N) is 1. The summed E-state index contributed by atoms with van der Waals surface area (Å²) in [5, 5.41) is 2.94. The van der Waals surface area contributed by atoms with Crippen LogP contribution < -0.4 is 15.8 Å². The van der Waals surface area contributed by atoms with Crippen molar-refractivity contribution in [3.05, 3.63) is 29.8 Å². The summed E-state index contributed by atoms with van der Waals surface area (Å²) in [4.78, 5) is 12.0. The summed E-state index contributed by atoms with van der Waals surface area (Å²) < 4.78 is 5.87. The minimum absolute atomic E-state index is 0. The van der Waals surface area contributed by atoms with Gasteiger partial charge in [0.2, 0.25) is 5.91 Å².